The molecule has 2 fully saturated rings. The van der Waals surface area contributed by atoms with E-state index in [0.717, 1.165) is 55.2 Å². The molecule has 2 aliphatic heterocycles. The number of hydrogen-bond donors (Lipinski definition) is 1. The van der Waals surface area contributed by atoms with Crippen LogP contribution in [0.4, 0.5) is 4.79 Å². The van der Waals surface area contributed by atoms with Gasteiger partial charge >= 0.3 is 6.03 Å². The van der Waals surface area contributed by atoms with Gasteiger partial charge in [-0.3, -0.25) is 4.90 Å². The highest BCUT2D eigenvalue weighted by Gasteiger charge is 2.32. The van der Waals surface area contributed by atoms with E-state index in [2.05, 4.69) is 10.2 Å². The zero-order valence-corrected chi connectivity index (χ0v) is 16.2. The van der Waals surface area contributed by atoms with Gasteiger partial charge in [0.25, 0.3) is 0 Å². The molecule has 0 spiro atoms. The van der Waals surface area contributed by atoms with Crippen molar-refractivity contribution in [1.82, 2.24) is 15.1 Å². The minimum Gasteiger partial charge on any atom is -0.381 e. The van der Waals surface area contributed by atoms with Gasteiger partial charge < -0.3 is 19.7 Å². The third-order valence-corrected chi connectivity index (χ3v) is 6.07. The zero-order valence-electron chi connectivity index (χ0n) is 14.6. The van der Waals surface area contributed by atoms with Gasteiger partial charge in [-0.15, -0.1) is 11.3 Å². The second kappa shape index (κ2) is 9.19. The molecule has 0 aliphatic carbocycles. The first-order valence-electron chi connectivity index (χ1n) is 8.76. The molecule has 25 heavy (non-hydrogen) atoms. The van der Waals surface area contributed by atoms with Crippen LogP contribution in [0.2, 0.25) is 4.34 Å². The van der Waals surface area contributed by atoms with E-state index < -0.39 is 0 Å². The van der Waals surface area contributed by atoms with E-state index in [1.807, 2.05) is 19.2 Å². The predicted molar refractivity (Wildman–Crippen MR) is 99.3 cm³/mol. The SMILES string of the molecule is CN(Cc1ccc(Cl)s1)C(=O)NCC(C1CCOC1)N1CCOCC1. The highest BCUT2D eigenvalue weighted by Crippen LogP contribution is 2.23. The fourth-order valence-corrected chi connectivity index (χ4v) is 4.57. The van der Waals surface area contributed by atoms with Crippen molar-refractivity contribution in [2.75, 3.05) is 53.1 Å². The van der Waals surface area contributed by atoms with E-state index >= 15 is 0 Å². The third kappa shape index (κ3) is 5.31. The molecule has 0 bridgehead atoms. The summed E-state index contributed by atoms with van der Waals surface area (Å²) >= 11 is 7.46. The van der Waals surface area contributed by atoms with Gasteiger partial charge in [0.05, 0.1) is 30.7 Å². The Balaban J connectivity index is 1.53. The van der Waals surface area contributed by atoms with E-state index in [1.54, 1.807) is 4.90 Å². The zero-order chi connectivity index (χ0) is 17.6. The summed E-state index contributed by atoms with van der Waals surface area (Å²) in [5.74, 6) is 0.472. The molecule has 140 valence electrons. The van der Waals surface area contributed by atoms with Gasteiger partial charge in [-0.25, -0.2) is 4.79 Å². The fourth-order valence-electron chi connectivity index (χ4n) is 3.43. The molecule has 6 nitrogen and oxygen atoms in total. The molecule has 8 heteroatoms. The summed E-state index contributed by atoms with van der Waals surface area (Å²) in [5, 5.41) is 3.10. The summed E-state index contributed by atoms with van der Waals surface area (Å²) in [4.78, 5) is 17.7. The Kier molecular flexibility index (Phi) is 6.95. The maximum Gasteiger partial charge on any atom is 0.317 e. The number of urea groups is 1. The molecule has 2 atom stereocenters. The number of carbonyl (C=O) groups excluding carboxylic acids is 1. The average molecular weight is 388 g/mol. The van der Waals surface area contributed by atoms with Crippen LogP contribution in [0.5, 0.6) is 0 Å². The first-order chi connectivity index (χ1) is 12.1. The summed E-state index contributed by atoms with van der Waals surface area (Å²) in [7, 11) is 1.81. The Bertz CT molecular complexity index is 559. The van der Waals surface area contributed by atoms with E-state index in [9.17, 15) is 4.79 Å². The number of rotatable bonds is 6. The van der Waals surface area contributed by atoms with Crippen molar-refractivity contribution < 1.29 is 14.3 Å². The van der Waals surface area contributed by atoms with E-state index in [1.165, 1.54) is 11.3 Å². The third-order valence-electron chi connectivity index (χ3n) is 4.85. The lowest BCUT2D eigenvalue weighted by molar-refractivity contribution is 0.00190. The van der Waals surface area contributed by atoms with E-state index in [4.69, 9.17) is 21.1 Å². The number of thiophene rings is 1. The number of carbonyl (C=O) groups is 1. The molecule has 2 aliphatic rings. The summed E-state index contributed by atoms with van der Waals surface area (Å²) in [6, 6.07) is 4.08. The Morgan fingerprint density at radius 1 is 1.40 bits per heavy atom. The monoisotopic (exact) mass is 387 g/mol. The molecule has 1 aromatic rings. The van der Waals surface area contributed by atoms with Gasteiger partial charge in [0.1, 0.15) is 0 Å². The first-order valence-corrected chi connectivity index (χ1v) is 9.95. The molecule has 1 N–H and O–H groups in total. The maximum atomic E-state index is 12.5. The quantitative estimate of drug-likeness (QED) is 0.813. The van der Waals surface area contributed by atoms with Crippen LogP contribution in [0.3, 0.4) is 0 Å². The minimum atomic E-state index is -0.0540. The lowest BCUT2D eigenvalue weighted by Gasteiger charge is -2.37. The number of amides is 2. The lowest BCUT2D eigenvalue weighted by Crippen LogP contribution is -2.53. The van der Waals surface area contributed by atoms with Crippen LogP contribution < -0.4 is 5.32 Å². The number of nitrogens with zero attached hydrogens (tertiary/aromatic N) is 2. The Morgan fingerprint density at radius 3 is 2.84 bits per heavy atom. The molecule has 3 rings (SSSR count). The molecular formula is C17H26ClN3O3S. The van der Waals surface area contributed by atoms with Crippen LogP contribution in [-0.4, -0.2) is 75.0 Å². The predicted octanol–water partition coefficient (Wildman–Crippen LogP) is 2.28. The summed E-state index contributed by atoms with van der Waals surface area (Å²) < 4.78 is 11.8. The molecule has 2 amide bonds. The molecule has 3 heterocycles. The van der Waals surface area contributed by atoms with Gasteiger partial charge in [-0.1, -0.05) is 11.6 Å². The van der Waals surface area contributed by atoms with Gasteiger partial charge in [-0.2, -0.15) is 0 Å². The maximum absolute atomic E-state index is 12.5. The van der Waals surface area contributed by atoms with Crippen molar-refractivity contribution >= 4 is 29.0 Å². The normalized spacial score (nSPS) is 22.7. The summed E-state index contributed by atoms with van der Waals surface area (Å²) in [5.41, 5.74) is 0. The van der Waals surface area contributed by atoms with Gasteiger partial charge in [0.15, 0.2) is 0 Å². The minimum absolute atomic E-state index is 0.0540. The van der Waals surface area contributed by atoms with Crippen molar-refractivity contribution in [3.8, 4) is 0 Å². The summed E-state index contributed by atoms with van der Waals surface area (Å²) in [6.45, 7) is 6.16. The molecule has 2 saturated heterocycles. The molecule has 0 saturated carbocycles. The highest BCUT2D eigenvalue weighted by molar-refractivity contribution is 7.16. The number of nitrogens with one attached hydrogen (secondary N) is 1. The van der Waals surface area contributed by atoms with Crippen LogP contribution in [0.25, 0.3) is 0 Å². The van der Waals surface area contributed by atoms with Gasteiger partial charge in [0.2, 0.25) is 0 Å². The van der Waals surface area contributed by atoms with Crippen LogP contribution in [0.1, 0.15) is 11.3 Å². The molecule has 1 aromatic heterocycles. The van der Waals surface area contributed by atoms with Crippen molar-refractivity contribution in [3.63, 3.8) is 0 Å². The topological polar surface area (TPSA) is 54.0 Å². The molecule has 2 unspecified atom stereocenters. The Hall–Kier alpha value is -0.860. The number of hydrogen-bond acceptors (Lipinski definition) is 5. The standard InChI is InChI=1S/C17H26ClN3O3S/c1-20(11-14-2-3-16(18)25-14)17(22)19-10-15(13-4-7-24-12-13)21-5-8-23-9-6-21/h2-3,13,15H,4-12H2,1H3,(H,19,22). The molecular weight excluding hydrogens is 362 g/mol. The fraction of sp³-hybridized carbons (Fsp3) is 0.706. The van der Waals surface area contributed by atoms with Crippen molar-refractivity contribution in [3.05, 3.63) is 21.3 Å². The van der Waals surface area contributed by atoms with Crippen LogP contribution in [0, 0.1) is 5.92 Å². The smallest absolute Gasteiger partial charge is 0.317 e. The first kappa shape index (κ1) is 18.9. The second-order valence-electron chi connectivity index (χ2n) is 6.59. The van der Waals surface area contributed by atoms with Crippen molar-refractivity contribution in [2.45, 2.75) is 19.0 Å². The average Bonchev–Trinajstić information content (AvgIpc) is 3.28. The number of morpholine rings is 1. The van der Waals surface area contributed by atoms with Gasteiger partial charge in [0, 0.05) is 50.1 Å². The van der Waals surface area contributed by atoms with Gasteiger partial charge in [-0.05, 0) is 18.6 Å². The second-order valence-corrected chi connectivity index (χ2v) is 8.39. The molecule has 0 aromatic carbocycles. The van der Waals surface area contributed by atoms with Crippen LogP contribution in [-0.2, 0) is 16.0 Å². The molecule has 0 radical (unpaired) electrons. The number of halogens is 1. The lowest BCUT2D eigenvalue weighted by atomic mass is 9.97. The largest absolute Gasteiger partial charge is 0.381 e. The Morgan fingerprint density at radius 2 is 2.20 bits per heavy atom. The van der Waals surface area contributed by atoms with Crippen molar-refractivity contribution in [1.29, 1.82) is 0 Å². The van der Waals surface area contributed by atoms with E-state index in [0.29, 0.717) is 25.0 Å². The highest BCUT2D eigenvalue weighted by atomic mass is 35.5. The van der Waals surface area contributed by atoms with Crippen molar-refractivity contribution in [2.24, 2.45) is 5.92 Å². The number of ether oxygens (including phenoxy) is 2. The Labute approximate surface area is 158 Å². The van der Waals surface area contributed by atoms with Crippen LogP contribution in [0.15, 0.2) is 12.1 Å². The summed E-state index contributed by atoms with van der Waals surface area (Å²) in [6.07, 6.45) is 1.06. The van der Waals surface area contributed by atoms with Crippen LogP contribution >= 0.6 is 22.9 Å². The van der Waals surface area contributed by atoms with E-state index in [-0.39, 0.29) is 6.03 Å².